The maximum Gasteiger partial charge on any atom is 0.252 e. The molecule has 3 N–H and O–H groups in total. The summed E-state index contributed by atoms with van der Waals surface area (Å²) in [4.78, 5) is 20.4. The Morgan fingerprint density at radius 3 is 2.58 bits per heavy atom. The maximum atomic E-state index is 13.9. The monoisotopic (exact) mass is 444 g/mol. The van der Waals surface area contributed by atoms with Gasteiger partial charge >= 0.3 is 0 Å². The van der Waals surface area contributed by atoms with E-state index in [2.05, 4.69) is 32.2 Å². The molecule has 4 rings (SSSR count). The van der Waals surface area contributed by atoms with Gasteiger partial charge in [0, 0.05) is 48.9 Å². The second kappa shape index (κ2) is 9.28. The largest absolute Gasteiger partial charge is 0.383 e. The number of rotatable bonds is 4. The van der Waals surface area contributed by atoms with Crippen molar-refractivity contribution in [2.75, 3.05) is 5.73 Å². The van der Waals surface area contributed by atoms with Gasteiger partial charge in [-0.1, -0.05) is 17.9 Å². The molecule has 1 amide bonds. The zero-order chi connectivity index (χ0) is 23.4. The normalized spacial score (nSPS) is 10.4. The van der Waals surface area contributed by atoms with Gasteiger partial charge < -0.3 is 11.1 Å². The van der Waals surface area contributed by atoms with Crippen LogP contribution in [0.5, 0.6) is 0 Å². The summed E-state index contributed by atoms with van der Waals surface area (Å²) in [5.74, 6) is 4.32. The van der Waals surface area contributed by atoms with Crippen LogP contribution in [0.25, 0.3) is 11.1 Å². The molecule has 3 aromatic heterocycles. The van der Waals surface area contributed by atoms with Crippen molar-refractivity contribution in [1.82, 2.24) is 25.1 Å². The molecule has 0 radical (unpaired) electrons. The van der Waals surface area contributed by atoms with E-state index in [1.807, 2.05) is 13.2 Å². The fraction of sp³-hybridized carbons (Fsp3) is 0.0833. The predicted molar refractivity (Wildman–Crippen MR) is 119 cm³/mol. The standard InChI is InChI=1S/C24H18F2N6O/c1-32-14-19(13-31-32)18-8-17(23(27)29-12-18)4-3-16-5-6-20(25)9-21(16)24(33)30-11-15-2-7-22(26)28-10-15/h2,5-10,12-14H,11H2,1H3,(H2,27,29)(H,30,33). The highest BCUT2D eigenvalue weighted by Crippen LogP contribution is 2.21. The third-order valence-corrected chi connectivity index (χ3v) is 4.76. The van der Waals surface area contributed by atoms with E-state index >= 15 is 0 Å². The van der Waals surface area contributed by atoms with E-state index in [1.54, 1.807) is 23.1 Å². The number of hydrogen-bond donors (Lipinski definition) is 2. The van der Waals surface area contributed by atoms with Gasteiger partial charge in [-0.05, 0) is 35.9 Å². The Bertz CT molecular complexity index is 1390. The van der Waals surface area contributed by atoms with Crippen LogP contribution < -0.4 is 11.1 Å². The lowest BCUT2D eigenvalue weighted by Crippen LogP contribution is -2.24. The lowest BCUT2D eigenvalue weighted by atomic mass is 10.1. The molecule has 9 heteroatoms. The lowest BCUT2D eigenvalue weighted by Gasteiger charge is -2.07. The van der Waals surface area contributed by atoms with Crippen LogP contribution in [0.4, 0.5) is 14.6 Å². The van der Waals surface area contributed by atoms with E-state index in [1.165, 1.54) is 30.5 Å². The number of carbonyl (C=O) groups excluding carboxylic acids is 1. The van der Waals surface area contributed by atoms with Crippen molar-refractivity contribution in [1.29, 1.82) is 0 Å². The average Bonchev–Trinajstić information content (AvgIpc) is 3.24. The first-order chi connectivity index (χ1) is 15.9. The van der Waals surface area contributed by atoms with Crippen molar-refractivity contribution >= 4 is 11.7 Å². The van der Waals surface area contributed by atoms with Gasteiger partial charge in [0.1, 0.15) is 11.6 Å². The fourth-order valence-corrected chi connectivity index (χ4v) is 3.04. The molecule has 0 saturated carbocycles. The fourth-order valence-electron chi connectivity index (χ4n) is 3.04. The molecule has 0 aliphatic rings. The van der Waals surface area contributed by atoms with E-state index in [4.69, 9.17) is 5.73 Å². The number of nitrogens with zero attached hydrogens (tertiary/aromatic N) is 4. The van der Waals surface area contributed by atoms with E-state index < -0.39 is 17.7 Å². The molecular weight excluding hydrogens is 426 g/mol. The Morgan fingerprint density at radius 2 is 1.85 bits per heavy atom. The van der Waals surface area contributed by atoms with Crippen LogP contribution in [0, 0.1) is 23.6 Å². The Morgan fingerprint density at radius 1 is 1.03 bits per heavy atom. The molecule has 4 aromatic rings. The first kappa shape index (κ1) is 21.6. The van der Waals surface area contributed by atoms with Crippen molar-refractivity contribution in [2.24, 2.45) is 7.05 Å². The number of nitrogens with two attached hydrogens (primary N) is 1. The van der Waals surface area contributed by atoms with Crippen LogP contribution >= 0.6 is 0 Å². The first-order valence-electron chi connectivity index (χ1n) is 9.84. The van der Waals surface area contributed by atoms with E-state index in [-0.39, 0.29) is 17.9 Å². The van der Waals surface area contributed by atoms with Gasteiger partial charge in [0.05, 0.1) is 17.3 Å². The molecule has 0 spiro atoms. The molecular formula is C24H18F2N6O. The summed E-state index contributed by atoms with van der Waals surface area (Å²) in [6.45, 7) is 0.0967. The van der Waals surface area contributed by atoms with Gasteiger partial charge in [0.25, 0.3) is 5.91 Å². The molecule has 0 saturated heterocycles. The third kappa shape index (κ3) is 5.19. The minimum atomic E-state index is -0.617. The van der Waals surface area contributed by atoms with Gasteiger partial charge in [0.2, 0.25) is 5.95 Å². The number of carbonyl (C=O) groups is 1. The molecule has 33 heavy (non-hydrogen) atoms. The number of benzene rings is 1. The average molecular weight is 444 g/mol. The second-order valence-electron chi connectivity index (χ2n) is 7.17. The minimum absolute atomic E-state index is 0.0625. The molecule has 0 fully saturated rings. The number of halogens is 2. The Labute approximate surface area is 188 Å². The summed E-state index contributed by atoms with van der Waals surface area (Å²) in [6.07, 6.45) is 6.47. The topological polar surface area (TPSA) is 98.7 Å². The summed E-state index contributed by atoms with van der Waals surface area (Å²) < 4.78 is 28.5. The lowest BCUT2D eigenvalue weighted by molar-refractivity contribution is 0.0950. The van der Waals surface area contributed by atoms with Crippen LogP contribution in [0.2, 0.25) is 0 Å². The van der Waals surface area contributed by atoms with Crippen molar-refractivity contribution in [3.05, 3.63) is 95.2 Å². The van der Waals surface area contributed by atoms with Gasteiger partial charge in [-0.25, -0.2) is 14.4 Å². The summed E-state index contributed by atoms with van der Waals surface area (Å²) in [5, 5.41) is 6.80. The number of anilines is 1. The molecule has 7 nitrogen and oxygen atoms in total. The highest BCUT2D eigenvalue weighted by atomic mass is 19.1. The Balaban J connectivity index is 1.60. The van der Waals surface area contributed by atoms with Crippen LogP contribution in [-0.4, -0.2) is 25.7 Å². The number of hydrogen-bond acceptors (Lipinski definition) is 5. The molecule has 3 heterocycles. The summed E-state index contributed by atoms with van der Waals surface area (Å²) >= 11 is 0. The number of nitrogen functional groups attached to an aromatic ring is 1. The van der Waals surface area contributed by atoms with Gasteiger partial charge in [-0.2, -0.15) is 9.49 Å². The molecule has 164 valence electrons. The SMILES string of the molecule is Cn1cc(-c2cnc(N)c(C#Cc3ccc(F)cc3C(=O)NCc3ccc(F)nc3)c2)cn1. The first-order valence-corrected chi connectivity index (χ1v) is 9.84. The van der Waals surface area contributed by atoms with Crippen molar-refractivity contribution in [2.45, 2.75) is 6.54 Å². The minimum Gasteiger partial charge on any atom is -0.383 e. The van der Waals surface area contributed by atoms with Gasteiger partial charge in [-0.3, -0.25) is 9.48 Å². The zero-order valence-corrected chi connectivity index (χ0v) is 17.5. The number of nitrogens with one attached hydrogen (secondary N) is 1. The number of amides is 1. The number of aromatic nitrogens is 4. The number of aryl methyl sites for hydroxylation is 1. The van der Waals surface area contributed by atoms with E-state index in [0.717, 1.165) is 17.2 Å². The molecule has 0 aliphatic carbocycles. The summed E-state index contributed by atoms with van der Waals surface area (Å²) in [5.41, 5.74) is 9.05. The smallest absolute Gasteiger partial charge is 0.252 e. The zero-order valence-electron chi connectivity index (χ0n) is 17.5. The second-order valence-corrected chi connectivity index (χ2v) is 7.17. The maximum absolute atomic E-state index is 13.9. The van der Waals surface area contributed by atoms with Gasteiger partial charge in [0.15, 0.2) is 0 Å². The quantitative estimate of drug-likeness (QED) is 0.372. The van der Waals surface area contributed by atoms with Crippen LogP contribution in [-0.2, 0) is 13.6 Å². The molecule has 1 aromatic carbocycles. The van der Waals surface area contributed by atoms with E-state index in [0.29, 0.717) is 16.7 Å². The summed E-state index contributed by atoms with van der Waals surface area (Å²) in [6, 6.07) is 8.22. The van der Waals surface area contributed by atoms with Crippen LogP contribution in [0.3, 0.4) is 0 Å². The predicted octanol–water partition coefficient (Wildman–Crippen LogP) is 3.07. The van der Waals surface area contributed by atoms with Crippen molar-refractivity contribution in [3.8, 4) is 23.0 Å². The summed E-state index contributed by atoms with van der Waals surface area (Å²) in [7, 11) is 1.81. The highest BCUT2D eigenvalue weighted by Gasteiger charge is 2.12. The van der Waals surface area contributed by atoms with Crippen molar-refractivity contribution in [3.63, 3.8) is 0 Å². The van der Waals surface area contributed by atoms with E-state index in [9.17, 15) is 13.6 Å². The molecule has 0 atom stereocenters. The Hall–Kier alpha value is -4.58. The molecule has 0 unspecified atom stereocenters. The highest BCUT2D eigenvalue weighted by molar-refractivity contribution is 5.96. The van der Waals surface area contributed by atoms with Gasteiger partial charge in [-0.15, -0.1) is 0 Å². The Kier molecular flexibility index (Phi) is 6.09. The molecule has 0 aliphatic heterocycles. The van der Waals surface area contributed by atoms with Crippen LogP contribution in [0.1, 0.15) is 27.0 Å². The third-order valence-electron chi connectivity index (χ3n) is 4.76. The number of pyridine rings is 2. The van der Waals surface area contributed by atoms with Crippen molar-refractivity contribution < 1.29 is 13.6 Å². The molecule has 0 bridgehead atoms. The van der Waals surface area contributed by atoms with Crippen LogP contribution in [0.15, 0.2) is 61.2 Å².